The lowest BCUT2D eigenvalue weighted by Gasteiger charge is -2.27. The average Bonchev–Trinajstić information content (AvgIpc) is 3.40. The van der Waals surface area contributed by atoms with Gasteiger partial charge in [-0.05, 0) is 47.7 Å². The number of nitrogens with two attached hydrogens (primary N) is 1. The first kappa shape index (κ1) is 27.0. The van der Waals surface area contributed by atoms with Crippen LogP contribution in [0.5, 0.6) is 17.2 Å². The SMILES string of the molecule is COc1cc(CNC(=O)[C@@H](CC2CCCCC2)NC(=NN)NC(=O)Cc2ccc3c(c2)OCO3)ccc1F. The van der Waals surface area contributed by atoms with Gasteiger partial charge in [0.15, 0.2) is 23.1 Å². The number of benzene rings is 2. The summed E-state index contributed by atoms with van der Waals surface area (Å²) < 4.78 is 29.4. The van der Waals surface area contributed by atoms with E-state index in [2.05, 4.69) is 21.1 Å². The third-order valence-corrected chi connectivity index (χ3v) is 6.79. The maximum absolute atomic E-state index is 13.7. The van der Waals surface area contributed by atoms with Crippen LogP contribution in [-0.4, -0.2) is 37.7 Å². The zero-order valence-electron chi connectivity index (χ0n) is 21.4. The van der Waals surface area contributed by atoms with Gasteiger partial charge in [-0.15, -0.1) is 5.10 Å². The second-order valence-electron chi connectivity index (χ2n) is 9.51. The third-order valence-electron chi connectivity index (χ3n) is 6.79. The van der Waals surface area contributed by atoms with Gasteiger partial charge < -0.3 is 30.7 Å². The van der Waals surface area contributed by atoms with Crippen LogP contribution in [0.1, 0.15) is 49.7 Å². The summed E-state index contributed by atoms with van der Waals surface area (Å²) in [6, 6.07) is 9.04. The van der Waals surface area contributed by atoms with Crippen LogP contribution in [0.25, 0.3) is 0 Å². The summed E-state index contributed by atoms with van der Waals surface area (Å²) in [6.07, 6.45) is 6.13. The van der Waals surface area contributed by atoms with E-state index in [-0.39, 0.29) is 43.3 Å². The molecule has 1 atom stereocenters. The van der Waals surface area contributed by atoms with E-state index in [4.69, 9.17) is 20.1 Å². The fourth-order valence-electron chi connectivity index (χ4n) is 4.80. The van der Waals surface area contributed by atoms with Crippen LogP contribution in [0.3, 0.4) is 0 Å². The molecule has 10 nitrogen and oxygen atoms in total. The normalized spacial score (nSPS) is 16.0. The Kier molecular flexibility index (Phi) is 9.23. The first-order valence-electron chi connectivity index (χ1n) is 12.8. The predicted octanol–water partition coefficient (Wildman–Crippen LogP) is 2.70. The number of amides is 2. The molecule has 1 saturated carbocycles. The molecule has 0 saturated heterocycles. The zero-order chi connectivity index (χ0) is 26.9. The first-order chi connectivity index (χ1) is 18.4. The molecule has 11 heteroatoms. The highest BCUT2D eigenvalue weighted by molar-refractivity contribution is 5.99. The van der Waals surface area contributed by atoms with E-state index < -0.39 is 11.9 Å². The Balaban J connectivity index is 1.38. The molecular weight excluding hydrogens is 493 g/mol. The number of carbonyl (C=O) groups excluding carboxylic acids is 2. The van der Waals surface area contributed by atoms with Gasteiger partial charge in [0.2, 0.25) is 24.6 Å². The lowest BCUT2D eigenvalue weighted by molar-refractivity contribution is -0.123. The number of nitrogens with one attached hydrogen (secondary N) is 3. The molecular formula is C27H34FN5O5. The Bertz CT molecular complexity index is 1170. The van der Waals surface area contributed by atoms with E-state index >= 15 is 0 Å². The van der Waals surface area contributed by atoms with E-state index in [9.17, 15) is 14.0 Å². The van der Waals surface area contributed by atoms with Crippen molar-refractivity contribution in [3.8, 4) is 17.2 Å². The predicted molar refractivity (Wildman–Crippen MR) is 139 cm³/mol. The van der Waals surface area contributed by atoms with Gasteiger partial charge in [0.25, 0.3) is 0 Å². The first-order valence-corrected chi connectivity index (χ1v) is 12.8. The topological polar surface area (TPSA) is 136 Å². The minimum absolute atomic E-state index is 0.00940. The van der Waals surface area contributed by atoms with Crippen molar-refractivity contribution in [3.63, 3.8) is 0 Å². The molecule has 2 aromatic carbocycles. The highest BCUT2D eigenvalue weighted by Gasteiger charge is 2.26. The number of ether oxygens (including phenoxy) is 3. The van der Waals surface area contributed by atoms with Crippen LogP contribution >= 0.6 is 0 Å². The maximum Gasteiger partial charge on any atom is 0.242 e. The van der Waals surface area contributed by atoms with E-state index in [1.807, 2.05) is 0 Å². The zero-order valence-corrected chi connectivity index (χ0v) is 21.4. The Morgan fingerprint density at radius 2 is 1.87 bits per heavy atom. The van der Waals surface area contributed by atoms with Gasteiger partial charge in [0, 0.05) is 6.54 Å². The molecule has 2 aromatic rings. The summed E-state index contributed by atoms with van der Waals surface area (Å²) in [5.41, 5.74) is 1.42. The number of rotatable bonds is 9. The third kappa shape index (κ3) is 7.27. The molecule has 38 heavy (non-hydrogen) atoms. The number of methoxy groups -OCH3 is 1. The molecule has 1 aliphatic carbocycles. The highest BCUT2D eigenvalue weighted by Crippen LogP contribution is 2.32. The monoisotopic (exact) mass is 527 g/mol. The molecule has 0 bridgehead atoms. The molecule has 2 amide bonds. The fourth-order valence-corrected chi connectivity index (χ4v) is 4.80. The number of hydrazone groups is 1. The largest absolute Gasteiger partial charge is 0.494 e. The van der Waals surface area contributed by atoms with Gasteiger partial charge in [0.05, 0.1) is 13.5 Å². The Labute approximate surface area is 221 Å². The van der Waals surface area contributed by atoms with Crippen molar-refractivity contribution in [1.82, 2.24) is 16.0 Å². The van der Waals surface area contributed by atoms with Gasteiger partial charge >= 0.3 is 0 Å². The number of fused-ring (bicyclic) bond motifs is 1. The van der Waals surface area contributed by atoms with E-state index in [0.717, 1.165) is 31.2 Å². The summed E-state index contributed by atoms with van der Waals surface area (Å²) in [6.45, 7) is 0.335. The Morgan fingerprint density at radius 3 is 2.63 bits per heavy atom. The van der Waals surface area contributed by atoms with Crippen molar-refractivity contribution in [3.05, 3.63) is 53.3 Å². The Hall–Kier alpha value is -4.02. The molecule has 204 valence electrons. The summed E-state index contributed by atoms with van der Waals surface area (Å²) in [5, 5.41) is 12.3. The van der Waals surface area contributed by atoms with Gasteiger partial charge in [0.1, 0.15) is 6.04 Å². The lowest BCUT2D eigenvalue weighted by atomic mass is 9.84. The van der Waals surface area contributed by atoms with Gasteiger partial charge in [-0.1, -0.05) is 44.2 Å². The van der Waals surface area contributed by atoms with Crippen LogP contribution in [0, 0.1) is 11.7 Å². The molecule has 0 unspecified atom stereocenters. The van der Waals surface area contributed by atoms with Crippen molar-refractivity contribution in [1.29, 1.82) is 0 Å². The standard InChI is InChI=1S/C27H34FN5O5/c1-36-23-13-19(7-9-20(23)28)15-30-26(35)21(11-17-5-3-2-4-6-17)31-27(33-29)32-25(34)14-18-8-10-22-24(12-18)38-16-37-22/h7-10,12-13,17,21H,2-6,11,14-16,29H2,1H3,(H,30,35)(H2,31,32,33,34)/t21-/m1/s1. The van der Waals surface area contributed by atoms with Crippen molar-refractivity contribution in [2.75, 3.05) is 13.9 Å². The number of hydrogen-bond donors (Lipinski definition) is 4. The average molecular weight is 528 g/mol. The maximum atomic E-state index is 13.7. The van der Waals surface area contributed by atoms with Crippen molar-refractivity contribution in [2.45, 2.75) is 57.5 Å². The molecule has 0 spiro atoms. The minimum atomic E-state index is -0.673. The van der Waals surface area contributed by atoms with E-state index in [1.54, 1.807) is 30.3 Å². The lowest BCUT2D eigenvalue weighted by Crippen LogP contribution is -2.53. The smallest absolute Gasteiger partial charge is 0.242 e. The van der Waals surface area contributed by atoms with Gasteiger partial charge in [-0.25, -0.2) is 4.39 Å². The summed E-state index contributed by atoms with van der Waals surface area (Å²) in [5.74, 6) is 6.18. The number of halogens is 1. The fraction of sp³-hybridized carbons (Fsp3) is 0.444. The number of nitrogens with zero attached hydrogens (tertiary/aromatic N) is 1. The number of guanidine groups is 1. The minimum Gasteiger partial charge on any atom is -0.494 e. The number of hydrogen-bond acceptors (Lipinski definition) is 7. The highest BCUT2D eigenvalue weighted by atomic mass is 19.1. The molecule has 4 rings (SSSR count). The molecule has 1 fully saturated rings. The van der Waals surface area contributed by atoms with Crippen LogP contribution in [0.4, 0.5) is 4.39 Å². The summed E-state index contributed by atoms with van der Waals surface area (Å²) in [7, 11) is 1.39. The second-order valence-corrected chi connectivity index (χ2v) is 9.51. The molecule has 0 aromatic heterocycles. The quantitative estimate of drug-likeness (QED) is 0.170. The Morgan fingerprint density at radius 1 is 1.11 bits per heavy atom. The number of carbonyl (C=O) groups is 2. The van der Waals surface area contributed by atoms with Crippen LogP contribution in [-0.2, 0) is 22.6 Å². The van der Waals surface area contributed by atoms with E-state index in [1.165, 1.54) is 19.6 Å². The molecule has 1 aliphatic heterocycles. The second kappa shape index (κ2) is 13.0. The molecule has 1 heterocycles. The van der Waals surface area contributed by atoms with Crippen LogP contribution in [0.2, 0.25) is 0 Å². The summed E-state index contributed by atoms with van der Waals surface area (Å²) in [4.78, 5) is 26.0. The van der Waals surface area contributed by atoms with Gasteiger partial charge in [-0.2, -0.15) is 0 Å². The van der Waals surface area contributed by atoms with Gasteiger partial charge in [-0.3, -0.25) is 14.9 Å². The summed E-state index contributed by atoms with van der Waals surface area (Å²) >= 11 is 0. The van der Waals surface area contributed by atoms with Crippen LogP contribution < -0.4 is 36.0 Å². The van der Waals surface area contributed by atoms with E-state index in [0.29, 0.717) is 29.4 Å². The van der Waals surface area contributed by atoms with Crippen molar-refractivity contribution < 1.29 is 28.2 Å². The molecule has 2 aliphatic rings. The van der Waals surface area contributed by atoms with Crippen molar-refractivity contribution >= 4 is 17.8 Å². The molecule has 5 N–H and O–H groups in total. The van der Waals surface area contributed by atoms with Crippen molar-refractivity contribution in [2.24, 2.45) is 16.9 Å². The molecule has 0 radical (unpaired) electrons. The van der Waals surface area contributed by atoms with Crippen LogP contribution in [0.15, 0.2) is 41.5 Å².